The van der Waals surface area contributed by atoms with Gasteiger partial charge < -0.3 is 9.13 Å². The van der Waals surface area contributed by atoms with Gasteiger partial charge in [-0.25, -0.2) is 0 Å². The minimum atomic E-state index is 0.160. The van der Waals surface area contributed by atoms with Gasteiger partial charge in [0.2, 0.25) is 0 Å². The summed E-state index contributed by atoms with van der Waals surface area (Å²) >= 11 is 1.50. The number of carbonyl (C=O) groups is 1. The SMILES string of the molecule is CCCn1c(C)cc(C(=O)CSc2nnc(C3CC3)n2Cc2ccccc2)c1C. The van der Waals surface area contributed by atoms with Gasteiger partial charge in [-0.3, -0.25) is 4.79 Å². The lowest BCUT2D eigenvalue weighted by Gasteiger charge is -2.10. The molecule has 1 aromatic carbocycles. The monoisotopic (exact) mass is 408 g/mol. The molecule has 0 N–H and O–H groups in total. The molecule has 0 unspecified atom stereocenters. The highest BCUT2D eigenvalue weighted by Gasteiger charge is 2.30. The second-order valence-electron chi connectivity index (χ2n) is 7.84. The number of Topliss-reactive ketones (excluding diaryl/α,β-unsaturated/α-hetero) is 1. The third kappa shape index (κ3) is 4.32. The zero-order chi connectivity index (χ0) is 20.4. The van der Waals surface area contributed by atoms with Crippen molar-refractivity contribution in [2.24, 2.45) is 0 Å². The number of carbonyl (C=O) groups excluding carboxylic acids is 1. The Hall–Kier alpha value is -2.34. The van der Waals surface area contributed by atoms with E-state index < -0.39 is 0 Å². The first-order valence-electron chi connectivity index (χ1n) is 10.4. The number of thioether (sulfide) groups is 1. The van der Waals surface area contributed by atoms with Crippen LogP contribution in [0.2, 0.25) is 0 Å². The summed E-state index contributed by atoms with van der Waals surface area (Å²) in [4.78, 5) is 12.9. The van der Waals surface area contributed by atoms with Gasteiger partial charge in [0.25, 0.3) is 0 Å². The number of aromatic nitrogens is 4. The van der Waals surface area contributed by atoms with E-state index in [0.717, 1.165) is 47.4 Å². The van der Waals surface area contributed by atoms with Crippen LogP contribution in [0.1, 0.15) is 65.2 Å². The minimum absolute atomic E-state index is 0.160. The first-order valence-corrected chi connectivity index (χ1v) is 11.4. The summed E-state index contributed by atoms with van der Waals surface area (Å²) in [5.41, 5.74) is 4.28. The van der Waals surface area contributed by atoms with Gasteiger partial charge in [-0.05, 0) is 44.7 Å². The fourth-order valence-electron chi connectivity index (χ4n) is 3.82. The summed E-state index contributed by atoms with van der Waals surface area (Å²) in [7, 11) is 0. The van der Waals surface area contributed by atoms with E-state index in [4.69, 9.17) is 0 Å². The summed E-state index contributed by atoms with van der Waals surface area (Å²) < 4.78 is 4.44. The Morgan fingerprint density at radius 3 is 2.59 bits per heavy atom. The normalized spacial score (nSPS) is 13.8. The Morgan fingerprint density at radius 1 is 1.14 bits per heavy atom. The Labute approximate surface area is 176 Å². The van der Waals surface area contributed by atoms with Crippen molar-refractivity contribution in [3.8, 4) is 0 Å². The van der Waals surface area contributed by atoms with Crippen LogP contribution in [0.25, 0.3) is 0 Å². The van der Waals surface area contributed by atoms with Gasteiger partial charge in [0.15, 0.2) is 10.9 Å². The zero-order valence-corrected chi connectivity index (χ0v) is 18.2. The average molecular weight is 409 g/mol. The van der Waals surface area contributed by atoms with E-state index in [1.165, 1.54) is 30.2 Å². The minimum Gasteiger partial charge on any atom is -0.348 e. The van der Waals surface area contributed by atoms with Crippen LogP contribution >= 0.6 is 11.8 Å². The van der Waals surface area contributed by atoms with Gasteiger partial charge in [0.05, 0.1) is 12.3 Å². The second-order valence-corrected chi connectivity index (χ2v) is 8.78. The van der Waals surface area contributed by atoms with Crippen LogP contribution in [0, 0.1) is 13.8 Å². The summed E-state index contributed by atoms with van der Waals surface area (Å²) in [5, 5.41) is 9.73. The molecule has 152 valence electrons. The van der Waals surface area contributed by atoms with Gasteiger partial charge in [-0.1, -0.05) is 49.0 Å². The predicted molar refractivity (Wildman–Crippen MR) is 117 cm³/mol. The van der Waals surface area contributed by atoms with Gasteiger partial charge in [-0.2, -0.15) is 0 Å². The molecule has 2 heterocycles. The van der Waals surface area contributed by atoms with Crippen LogP contribution < -0.4 is 0 Å². The van der Waals surface area contributed by atoms with Crippen LogP contribution in [-0.2, 0) is 13.1 Å². The third-order valence-electron chi connectivity index (χ3n) is 5.53. The highest BCUT2D eigenvalue weighted by Crippen LogP contribution is 2.40. The van der Waals surface area contributed by atoms with Gasteiger partial charge in [0.1, 0.15) is 5.82 Å². The van der Waals surface area contributed by atoms with Crippen molar-refractivity contribution in [3.63, 3.8) is 0 Å². The van der Waals surface area contributed by atoms with E-state index in [0.29, 0.717) is 11.7 Å². The average Bonchev–Trinajstić information content (AvgIpc) is 3.44. The smallest absolute Gasteiger partial charge is 0.191 e. The number of hydrogen-bond donors (Lipinski definition) is 0. The van der Waals surface area contributed by atoms with Crippen molar-refractivity contribution in [2.45, 2.75) is 64.2 Å². The molecular weight excluding hydrogens is 380 g/mol. The van der Waals surface area contributed by atoms with E-state index >= 15 is 0 Å². The third-order valence-corrected chi connectivity index (χ3v) is 6.49. The Bertz CT molecular complexity index is 1000. The van der Waals surface area contributed by atoms with Crippen molar-refractivity contribution in [3.05, 3.63) is 64.7 Å². The quantitative estimate of drug-likeness (QED) is 0.369. The van der Waals surface area contributed by atoms with Crippen LogP contribution in [0.3, 0.4) is 0 Å². The molecule has 0 amide bonds. The fourth-order valence-corrected chi connectivity index (χ4v) is 4.65. The lowest BCUT2D eigenvalue weighted by molar-refractivity contribution is 0.102. The Morgan fingerprint density at radius 2 is 1.90 bits per heavy atom. The predicted octanol–water partition coefficient (Wildman–Crippen LogP) is 5.01. The number of rotatable bonds is 9. The molecule has 1 saturated carbocycles. The highest BCUT2D eigenvalue weighted by molar-refractivity contribution is 7.99. The van der Waals surface area contributed by atoms with E-state index in [2.05, 4.69) is 57.4 Å². The number of hydrogen-bond acceptors (Lipinski definition) is 4. The first-order chi connectivity index (χ1) is 14.1. The van der Waals surface area contributed by atoms with Crippen molar-refractivity contribution in [1.29, 1.82) is 0 Å². The molecule has 0 bridgehead atoms. The molecule has 2 aromatic heterocycles. The molecule has 0 spiro atoms. The van der Waals surface area contributed by atoms with E-state index in [1.54, 1.807) is 0 Å². The maximum absolute atomic E-state index is 12.9. The van der Waals surface area contributed by atoms with Crippen LogP contribution in [-0.4, -0.2) is 30.9 Å². The fraction of sp³-hybridized carbons (Fsp3) is 0.435. The second kappa shape index (κ2) is 8.57. The van der Waals surface area contributed by atoms with Gasteiger partial charge in [-0.15, -0.1) is 10.2 Å². The van der Waals surface area contributed by atoms with E-state index in [1.807, 2.05) is 19.1 Å². The number of ketones is 1. The summed E-state index contributed by atoms with van der Waals surface area (Å²) in [6, 6.07) is 12.4. The van der Waals surface area contributed by atoms with Crippen molar-refractivity contribution >= 4 is 17.5 Å². The molecule has 1 aliphatic rings. The molecule has 4 rings (SSSR count). The Kier molecular flexibility index (Phi) is 5.90. The molecule has 3 aromatic rings. The standard InChI is InChI=1S/C23H28N4OS/c1-4-12-26-16(2)13-20(17(26)3)21(28)15-29-23-25-24-22(19-10-11-19)27(23)14-18-8-6-5-7-9-18/h5-9,13,19H,4,10-12,14-15H2,1-3H3. The maximum Gasteiger partial charge on any atom is 0.191 e. The lowest BCUT2D eigenvalue weighted by Crippen LogP contribution is -2.09. The Balaban J connectivity index is 1.51. The largest absolute Gasteiger partial charge is 0.348 e. The summed E-state index contributed by atoms with van der Waals surface area (Å²) in [6.07, 6.45) is 3.42. The molecule has 0 aliphatic heterocycles. The van der Waals surface area contributed by atoms with Crippen molar-refractivity contribution < 1.29 is 4.79 Å². The molecular formula is C23H28N4OS. The lowest BCUT2D eigenvalue weighted by atomic mass is 10.2. The molecule has 0 saturated heterocycles. The molecule has 0 radical (unpaired) electrons. The topological polar surface area (TPSA) is 52.7 Å². The molecule has 1 aliphatic carbocycles. The van der Waals surface area contributed by atoms with Gasteiger partial charge >= 0.3 is 0 Å². The van der Waals surface area contributed by atoms with Crippen molar-refractivity contribution in [1.82, 2.24) is 19.3 Å². The van der Waals surface area contributed by atoms with Crippen LogP contribution in [0.4, 0.5) is 0 Å². The van der Waals surface area contributed by atoms with Gasteiger partial charge in [0, 0.05) is 29.4 Å². The molecule has 6 heteroatoms. The van der Waals surface area contributed by atoms with E-state index in [9.17, 15) is 4.79 Å². The number of aryl methyl sites for hydroxylation is 1. The molecule has 0 atom stereocenters. The number of benzene rings is 1. The molecule has 5 nitrogen and oxygen atoms in total. The number of nitrogens with zero attached hydrogens (tertiary/aromatic N) is 4. The zero-order valence-electron chi connectivity index (χ0n) is 17.4. The maximum atomic E-state index is 12.9. The van der Waals surface area contributed by atoms with E-state index in [-0.39, 0.29) is 5.78 Å². The van der Waals surface area contributed by atoms with Crippen LogP contribution in [0.15, 0.2) is 41.6 Å². The molecule has 29 heavy (non-hydrogen) atoms. The van der Waals surface area contributed by atoms with Crippen LogP contribution in [0.5, 0.6) is 0 Å². The summed E-state index contributed by atoms with van der Waals surface area (Å²) in [6.45, 7) is 7.98. The molecule has 1 fully saturated rings. The van der Waals surface area contributed by atoms with Crippen molar-refractivity contribution in [2.75, 3.05) is 5.75 Å². The highest BCUT2D eigenvalue weighted by atomic mass is 32.2. The summed E-state index contributed by atoms with van der Waals surface area (Å²) in [5.74, 6) is 2.12. The first kappa shape index (κ1) is 20.0.